The number of anilines is 1. The number of ether oxygens (including phenoxy) is 1. The average Bonchev–Trinajstić information content (AvgIpc) is 2.83. The highest BCUT2D eigenvalue weighted by Crippen LogP contribution is 2.25. The van der Waals surface area contributed by atoms with Gasteiger partial charge in [0.25, 0.3) is 0 Å². The minimum Gasteiger partial charge on any atom is -0.378 e. The first-order valence-corrected chi connectivity index (χ1v) is 10.3. The van der Waals surface area contributed by atoms with Crippen LogP contribution in [-0.2, 0) is 23.3 Å². The van der Waals surface area contributed by atoms with Gasteiger partial charge in [-0.3, -0.25) is 4.90 Å². The smallest absolute Gasteiger partial charge is 0.136 e. The molecule has 1 atom stereocenters. The zero-order valence-corrected chi connectivity index (χ0v) is 18.0. The van der Waals surface area contributed by atoms with Crippen molar-refractivity contribution < 1.29 is 4.74 Å². The van der Waals surface area contributed by atoms with E-state index in [1.165, 1.54) is 5.56 Å². The van der Waals surface area contributed by atoms with Crippen LogP contribution in [0.4, 0.5) is 5.82 Å². The number of rotatable bonds is 5. The van der Waals surface area contributed by atoms with Gasteiger partial charge in [0.15, 0.2) is 0 Å². The van der Waals surface area contributed by atoms with Gasteiger partial charge in [0.2, 0.25) is 0 Å². The summed E-state index contributed by atoms with van der Waals surface area (Å²) in [7, 11) is 1.72. The second-order valence-electron chi connectivity index (χ2n) is 8.84. The van der Waals surface area contributed by atoms with Gasteiger partial charge in [0.05, 0.1) is 12.3 Å². The third-order valence-electron chi connectivity index (χ3n) is 5.20. The predicted octanol–water partition coefficient (Wildman–Crippen LogP) is 4.02. The summed E-state index contributed by atoms with van der Waals surface area (Å²) in [4.78, 5) is 14.7. The summed E-state index contributed by atoms with van der Waals surface area (Å²) in [6.07, 6.45) is 1.13. The average molecular weight is 383 g/mol. The Morgan fingerprint density at radius 2 is 1.86 bits per heavy atom. The Bertz CT molecular complexity index is 757. The normalized spacial score (nSPS) is 18.9. The molecule has 1 unspecified atom stereocenters. The summed E-state index contributed by atoms with van der Waals surface area (Å²) >= 11 is 0. The molecule has 0 aliphatic carbocycles. The van der Waals surface area contributed by atoms with E-state index in [4.69, 9.17) is 14.7 Å². The molecule has 1 aliphatic rings. The number of aromatic nitrogens is 2. The van der Waals surface area contributed by atoms with Gasteiger partial charge in [-0.15, -0.1) is 0 Å². The van der Waals surface area contributed by atoms with E-state index in [-0.39, 0.29) is 5.41 Å². The topological polar surface area (TPSA) is 41.5 Å². The van der Waals surface area contributed by atoms with Gasteiger partial charge in [-0.25, -0.2) is 9.97 Å². The lowest BCUT2D eigenvalue weighted by molar-refractivity contribution is 0.181. The predicted molar refractivity (Wildman–Crippen MR) is 115 cm³/mol. The van der Waals surface area contributed by atoms with Crippen LogP contribution in [0.3, 0.4) is 0 Å². The second kappa shape index (κ2) is 9.01. The van der Waals surface area contributed by atoms with Gasteiger partial charge in [-0.1, -0.05) is 51.1 Å². The van der Waals surface area contributed by atoms with Crippen LogP contribution in [-0.4, -0.2) is 47.7 Å². The Kier molecular flexibility index (Phi) is 6.68. The monoisotopic (exact) mass is 382 g/mol. The van der Waals surface area contributed by atoms with E-state index in [1.807, 2.05) is 0 Å². The lowest BCUT2D eigenvalue weighted by Crippen LogP contribution is -2.39. The zero-order chi connectivity index (χ0) is 20.1. The molecule has 0 bridgehead atoms. The van der Waals surface area contributed by atoms with Crippen molar-refractivity contribution in [1.29, 1.82) is 0 Å². The molecule has 5 nitrogen and oxygen atoms in total. The van der Waals surface area contributed by atoms with Gasteiger partial charge in [-0.05, 0) is 18.9 Å². The highest BCUT2D eigenvalue weighted by atomic mass is 16.5. The van der Waals surface area contributed by atoms with Crippen molar-refractivity contribution in [2.24, 2.45) is 0 Å². The Hall–Kier alpha value is -1.98. The minimum absolute atomic E-state index is 0.0903. The summed E-state index contributed by atoms with van der Waals surface area (Å²) in [5, 5.41) is 0. The molecule has 1 aromatic carbocycles. The molecule has 2 aromatic rings. The van der Waals surface area contributed by atoms with Gasteiger partial charge in [-0.2, -0.15) is 0 Å². The lowest BCUT2D eigenvalue weighted by Gasteiger charge is -2.31. The largest absolute Gasteiger partial charge is 0.378 e. The maximum atomic E-state index is 5.36. The van der Waals surface area contributed by atoms with Crippen molar-refractivity contribution in [3.05, 3.63) is 53.5 Å². The molecule has 2 heterocycles. The second-order valence-corrected chi connectivity index (χ2v) is 8.84. The highest BCUT2D eigenvalue weighted by molar-refractivity contribution is 5.42. The number of hydrogen-bond donors (Lipinski definition) is 0. The summed E-state index contributed by atoms with van der Waals surface area (Å²) < 4.78 is 5.36. The van der Waals surface area contributed by atoms with Crippen LogP contribution in [0, 0.1) is 0 Å². The van der Waals surface area contributed by atoms with Crippen molar-refractivity contribution in [2.45, 2.75) is 58.7 Å². The summed E-state index contributed by atoms with van der Waals surface area (Å²) in [5.74, 6) is 1.91. The van der Waals surface area contributed by atoms with Crippen molar-refractivity contribution in [2.75, 3.05) is 31.6 Å². The van der Waals surface area contributed by atoms with Gasteiger partial charge in [0, 0.05) is 50.8 Å². The van der Waals surface area contributed by atoms with Crippen LogP contribution in [0.25, 0.3) is 0 Å². The van der Waals surface area contributed by atoms with Crippen LogP contribution >= 0.6 is 0 Å². The van der Waals surface area contributed by atoms with Gasteiger partial charge >= 0.3 is 0 Å². The highest BCUT2D eigenvalue weighted by Gasteiger charge is 2.26. The Balaban J connectivity index is 1.80. The molecule has 1 aliphatic heterocycles. The fourth-order valence-electron chi connectivity index (χ4n) is 3.76. The third kappa shape index (κ3) is 5.30. The molecule has 0 spiro atoms. The van der Waals surface area contributed by atoms with Crippen LogP contribution in [0.1, 0.15) is 51.2 Å². The minimum atomic E-state index is -0.0903. The number of nitrogens with zero attached hydrogens (tertiary/aromatic N) is 4. The van der Waals surface area contributed by atoms with Crippen molar-refractivity contribution in [1.82, 2.24) is 14.9 Å². The van der Waals surface area contributed by atoms with E-state index in [9.17, 15) is 0 Å². The van der Waals surface area contributed by atoms with Crippen LogP contribution < -0.4 is 4.90 Å². The van der Waals surface area contributed by atoms with E-state index < -0.39 is 0 Å². The summed E-state index contributed by atoms with van der Waals surface area (Å²) in [6.45, 7) is 13.5. The summed E-state index contributed by atoms with van der Waals surface area (Å²) in [5.41, 5.74) is 2.24. The third-order valence-corrected chi connectivity index (χ3v) is 5.20. The molecule has 1 aromatic heterocycles. The molecule has 152 valence electrons. The van der Waals surface area contributed by atoms with Crippen molar-refractivity contribution >= 4 is 5.82 Å². The first-order valence-electron chi connectivity index (χ1n) is 10.3. The first kappa shape index (κ1) is 20.7. The Morgan fingerprint density at radius 1 is 1.11 bits per heavy atom. The van der Waals surface area contributed by atoms with Gasteiger partial charge < -0.3 is 9.64 Å². The molecule has 1 fully saturated rings. The molecule has 0 saturated carbocycles. The molecule has 3 rings (SSSR count). The number of hydrogen-bond acceptors (Lipinski definition) is 5. The van der Waals surface area contributed by atoms with E-state index >= 15 is 0 Å². The molecular weight excluding hydrogens is 348 g/mol. The molecule has 0 N–H and O–H groups in total. The summed E-state index contributed by atoms with van der Waals surface area (Å²) in [6, 6.07) is 13.2. The number of methoxy groups -OCH3 is 1. The van der Waals surface area contributed by atoms with E-state index in [1.54, 1.807) is 7.11 Å². The van der Waals surface area contributed by atoms with Crippen molar-refractivity contribution in [3.63, 3.8) is 0 Å². The zero-order valence-electron chi connectivity index (χ0n) is 18.0. The van der Waals surface area contributed by atoms with Crippen molar-refractivity contribution in [3.8, 4) is 0 Å². The molecule has 0 radical (unpaired) electrons. The van der Waals surface area contributed by atoms with E-state index in [2.05, 4.69) is 73.9 Å². The maximum Gasteiger partial charge on any atom is 0.136 e. The fourth-order valence-corrected chi connectivity index (χ4v) is 3.76. The van der Waals surface area contributed by atoms with Crippen LogP contribution in [0.15, 0.2) is 36.4 Å². The molecule has 1 saturated heterocycles. The van der Waals surface area contributed by atoms with Crippen LogP contribution in [0.2, 0.25) is 0 Å². The molecule has 5 heteroatoms. The van der Waals surface area contributed by atoms with Crippen LogP contribution in [0.5, 0.6) is 0 Å². The van der Waals surface area contributed by atoms with Gasteiger partial charge in [0.1, 0.15) is 11.6 Å². The Labute approximate surface area is 169 Å². The molecule has 0 amide bonds. The quantitative estimate of drug-likeness (QED) is 0.781. The lowest BCUT2D eigenvalue weighted by atomic mass is 9.95. The first-order chi connectivity index (χ1) is 13.4. The number of benzene rings is 1. The van der Waals surface area contributed by atoms with E-state index in [0.29, 0.717) is 12.6 Å². The Morgan fingerprint density at radius 3 is 2.54 bits per heavy atom. The fraction of sp³-hybridized carbons (Fsp3) is 0.565. The maximum absolute atomic E-state index is 5.36. The molecular formula is C23H34N4O. The standard InChI is InChI=1S/C23H34N4O/c1-18-15-26(16-19-10-7-6-8-11-19)12-9-13-27(18)21-14-20(17-28-5)24-22(25-21)23(2,3)4/h6-8,10-11,14,18H,9,12-13,15-17H2,1-5H3. The SMILES string of the molecule is COCc1cc(N2CCCN(Cc3ccccc3)CC2C)nc(C(C)(C)C)n1. The molecule has 28 heavy (non-hydrogen) atoms. The van der Waals surface area contributed by atoms with E-state index in [0.717, 1.165) is 49.9 Å².